The molecule has 0 radical (unpaired) electrons. The summed E-state index contributed by atoms with van der Waals surface area (Å²) < 4.78 is 4.90. The van der Waals surface area contributed by atoms with E-state index in [0.29, 0.717) is 0 Å². The minimum Gasteiger partial charge on any atom is -0.377 e. The summed E-state index contributed by atoms with van der Waals surface area (Å²) in [4.78, 5) is 11.8. The summed E-state index contributed by atoms with van der Waals surface area (Å²) in [6, 6.07) is 9.99. The largest absolute Gasteiger partial charge is 0.377 e. The van der Waals surface area contributed by atoms with Crippen LogP contribution < -0.4 is 0 Å². The predicted molar refractivity (Wildman–Crippen MR) is 54.2 cm³/mol. The fourth-order valence-electron chi connectivity index (χ4n) is 1.88. The molecule has 0 N–H and O–H groups in total. The van der Waals surface area contributed by atoms with E-state index in [1.54, 1.807) is 7.11 Å². The van der Waals surface area contributed by atoms with Gasteiger partial charge >= 0.3 is 0 Å². The van der Waals surface area contributed by atoms with E-state index in [-0.39, 0.29) is 17.8 Å². The van der Waals surface area contributed by atoms with Gasteiger partial charge in [-0.2, -0.15) is 0 Å². The number of rotatable bonds is 4. The highest BCUT2D eigenvalue weighted by molar-refractivity contribution is 5.94. The first-order valence-electron chi connectivity index (χ1n) is 4.87. The van der Waals surface area contributed by atoms with Crippen LogP contribution in [0.5, 0.6) is 0 Å². The third-order valence-electron chi connectivity index (χ3n) is 2.89. The summed E-state index contributed by atoms with van der Waals surface area (Å²) in [5, 5.41) is 0. The number of ketones is 1. The molecule has 1 saturated carbocycles. The Bertz CT molecular complexity index is 325. The second-order valence-corrected chi connectivity index (χ2v) is 3.80. The van der Waals surface area contributed by atoms with Crippen molar-refractivity contribution >= 4 is 5.78 Å². The molecule has 74 valence electrons. The van der Waals surface area contributed by atoms with Crippen molar-refractivity contribution < 1.29 is 9.53 Å². The van der Waals surface area contributed by atoms with Gasteiger partial charge in [0.2, 0.25) is 0 Å². The number of carbonyl (C=O) groups excluding carboxylic acids is 1. The molecule has 1 aliphatic rings. The molecule has 0 heterocycles. The topological polar surface area (TPSA) is 26.3 Å². The molecule has 0 saturated heterocycles. The van der Waals surface area contributed by atoms with Gasteiger partial charge in [-0.05, 0) is 18.4 Å². The lowest BCUT2D eigenvalue weighted by Gasteiger charge is -2.13. The van der Waals surface area contributed by atoms with Crippen LogP contribution in [-0.2, 0) is 14.9 Å². The maximum absolute atomic E-state index is 11.8. The van der Waals surface area contributed by atoms with Crippen LogP contribution in [0.4, 0.5) is 0 Å². The predicted octanol–water partition coefficient (Wildman–Crippen LogP) is 1.93. The van der Waals surface area contributed by atoms with Crippen LogP contribution in [-0.4, -0.2) is 19.5 Å². The van der Waals surface area contributed by atoms with Gasteiger partial charge in [0, 0.05) is 7.11 Å². The SMILES string of the molecule is COCC(=O)C1(c2ccccc2)CC1. The summed E-state index contributed by atoms with van der Waals surface area (Å²) in [5.74, 6) is 0.214. The number of benzene rings is 1. The Kier molecular flexibility index (Phi) is 2.38. The summed E-state index contributed by atoms with van der Waals surface area (Å²) in [6.45, 7) is 0.231. The fourth-order valence-corrected chi connectivity index (χ4v) is 1.88. The number of methoxy groups -OCH3 is 1. The summed E-state index contributed by atoms with van der Waals surface area (Å²) in [5.41, 5.74) is 0.930. The van der Waals surface area contributed by atoms with Crippen molar-refractivity contribution in [2.45, 2.75) is 18.3 Å². The average molecular weight is 190 g/mol. The van der Waals surface area contributed by atoms with Crippen LogP contribution in [0.2, 0.25) is 0 Å². The normalized spacial score (nSPS) is 17.8. The van der Waals surface area contributed by atoms with Gasteiger partial charge in [-0.1, -0.05) is 30.3 Å². The molecule has 0 spiro atoms. The van der Waals surface area contributed by atoms with Gasteiger partial charge in [0.25, 0.3) is 0 Å². The third-order valence-corrected chi connectivity index (χ3v) is 2.89. The Labute approximate surface area is 83.9 Å². The Morgan fingerprint density at radius 1 is 1.36 bits per heavy atom. The number of hydrogen-bond donors (Lipinski definition) is 0. The highest BCUT2D eigenvalue weighted by atomic mass is 16.5. The second kappa shape index (κ2) is 3.54. The van der Waals surface area contributed by atoms with Crippen molar-refractivity contribution in [2.75, 3.05) is 13.7 Å². The summed E-state index contributed by atoms with van der Waals surface area (Å²) in [7, 11) is 1.57. The van der Waals surface area contributed by atoms with E-state index in [9.17, 15) is 4.79 Å². The minimum absolute atomic E-state index is 0.211. The first-order chi connectivity index (χ1) is 6.79. The van der Waals surface area contributed by atoms with Crippen molar-refractivity contribution in [3.8, 4) is 0 Å². The zero-order chi connectivity index (χ0) is 10.0. The van der Waals surface area contributed by atoms with Crippen LogP contribution in [0.1, 0.15) is 18.4 Å². The molecule has 2 rings (SSSR count). The molecule has 0 aliphatic heterocycles. The summed E-state index contributed by atoms with van der Waals surface area (Å²) >= 11 is 0. The van der Waals surface area contributed by atoms with Gasteiger partial charge in [-0.15, -0.1) is 0 Å². The molecule has 1 aromatic carbocycles. The van der Waals surface area contributed by atoms with Gasteiger partial charge in [0.05, 0.1) is 5.41 Å². The van der Waals surface area contributed by atoms with E-state index in [4.69, 9.17) is 4.74 Å². The first kappa shape index (κ1) is 9.41. The molecule has 2 heteroatoms. The van der Waals surface area contributed by atoms with Crippen LogP contribution in [0.25, 0.3) is 0 Å². The van der Waals surface area contributed by atoms with E-state index in [1.807, 2.05) is 30.3 Å². The number of hydrogen-bond acceptors (Lipinski definition) is 2. The molecule has 1 fully saturated rings. The Morgan fingerprint density at radius 2 is 2.00 bits per heavy atom. The molecule has 0 aromatic heterocycles. The Morgan fingerprint density at radius 3 is 2.50 bits per heavy atom. The highest BCUT2D eigenvalue weighted by Gasteiger charge is 2.50. The van der Waals surface area contributed by atoms with E-state index < -0.39 is 0 Å². The standard InChI is InChI=1S/C12H14O2/c1-14-9-11(13)12(7-8-12)10-5-3-2-4-6-10/h2-6H,7-9H2,1H3. The molecule has 1 aromatic rings. The average Bonchev–Trinajstić information content (AvgIpc) is 3.00. The molecule has 14 heavy (non-hydrogen) atoms. The van der Waals surface area contributed by atoms with Gasteiger partial charge < -0.3 is 4.74 Å². The lowest BCUT2D eigenvalue weighted by atomic mass is 9.92. The van der Waals surface area contributed by atoms with Crippen molar-refractivity contribution in [3.05, 3.63) is 35.9 Å². The van der Waals surface area contributed by atoms with E-state index in [1.165, 1.54) is 0 Å². The summed E-state index contributed by atoms with van der Waals surface area (Å²) in [6.07, 6.45) is 1.94. The van der Waals surface area contributed by atoms with Crippen LogP contribution in [0.15, 0.2) is 30.3 Å². The monoisotopic (exact) mass is 190 g/mol. The van der Waals surface area contributed by atoms with Crippen molar-refractivity contribution in [1.29, 1.82) is 0 Å². The van der Waals surface area contributed by atoms with Crippen molar-refractivity contribution in [2.24, 2.45) is 0 Å². The fraction of sp³-hybridized carbons (Fsp3) is 0.417. The van der Waals surface area contributed by atoms with E-state index >= 15 is 0 Å². The first-order valence-corrected chi connectivity index (χ1v) is 4.87. The molecule has 0 bridgehead atoms. The quantitative estimate of drug-likeness (QED) is 0.725. The van der Waals surface area contributed by atoms with E-state index in [2.05, 4.69) is 0 Å². The second-order valence-electron chi connectivity index (χ2n) is 3.80. The van der Waals surface area contributed by atoms with Crippen LogP contribution >= 0.6 is 0 Å². The highest BCUT2D eigenvalue weighted by Crippen LogP contribution is 2.48. The smallest absolute Gasteiger partial charge is 0.168 e. The van der Waals surface area contributed by atoms with Crippen LogP contribution in [0, 0.1) is 0 Å². The van der Waals surface area contributed by atoms with Crippen molar-refractivity contribution in [1.82, 2.24) is 0 Å². The molecule has 0 unspecified atom stereocenters. The van der Waals surface area contributed by atoms with Gasteiger partial charge in [0.1, 0.15) is 6.61 Å². The zero-order valence-electron chi connectivity index (χ0n) is 8.32. The molecule has 1 aliphatic carbocycles. The van der Waals surface area contributed by atoms with Gasteiger partial charge in [-0.3, -0.25) is 4.79 Å². The lowest BCUT2D eigenvalue weighted by molar-refractivity contribution is -0.125. The zero-order valence-corrected chi connectivity index (χ0v) is 8.32. The Balaban J connectivity index is 2.21. The third kappa shape index (κ3) is 1.46. The molecular weight excluding hydrogens is 176 g/mol. The van der Waals surface area contributed by atoms with Gasteiger partial charge in [-0.25, -0.2) is 0 Å². The molecule has 0 atom stereocenters. The number of carbonyl (C=O) groups is 1. The molecular formula is C12H14O2. The van der Waals surface area contributed by atoms with Gasteiger partial charge in [0.15, 0.2) is 5.78 Å². The molecule has 0 amide bonds. The maximum atomic E-state index is 11.8. The van der Waals surface area contributed by atoms with Crippen molar-refractivity contribution in [3.63, 3.8) is 0 Å². The maximum Gasteiger partial charge on any atom is 0.168 e. The number of Topliss-reactive ketones (excluding diaryl/α,β-unsaturated/α-hetero) is 1. The molecule has 2 nitrogen and oxygen atoms in total. The lowest BCUT2D eigenvalue weighted by Crippen LogP contribution is -2.24. The minimum atomic E-state index is -0.211. The van der Waals surface area contributed by atoms with E-state index in [0.717, 1.165) is 18.4 Å². The Hall–Kier alpha value is -1.15. The van der Waals surface area contributed by atoms with Crippen LogP contribution in [0.3, 0.4) is 0 Å². The number of ether oxygens (including phenoxy) is 1.